The number of carboxylic acids is 2. The fraction of sp³-hybridized carbons (Fsp3) is 0.818. The summed E-state index contributed by atoms with van der Waals surface area (Å²) in [6.07, 6.45) is 6.80. The number of carboxylic acid groups (broad SMARTS) is 2. The third-order valence-electron chi connectivity index (χ3n) is 8.57. The zero-order chi connectivity index (χ0) is 21.3. The fourth-order valence-electron chi connectivity index (χ4n) is 7.91. The third-order valence-corrected chi connectivity index (χ3v) is 8.57. The van der Waals surface area contributed by atoms with Crippen molar-refractivity contribution in [1.82, 2.24) is 9.80 Å². The Kier molecular flexibility index (Phi) is 4.42. The number of carbonyl (C=O) groups is 4. The van der Waals surface area contributed by atoms with Crippen LogP contribution in [0.1, 0.15) is 64.2 Å². The number of amides is 2. The number of likely N-dealkylation sites (tertiary alicyclic amines) is 2. The minimum atomic E-state index is -0.947. The molecule has 0 radical (unpaired) electrons. The second-order valence-corrected chi connectivity index (χ2v) is 10.5. The van der Waals surface area contributed by atoms with Gasteiger partial charge in [0.1, 0.15) is 12.1 Å². The van der Waals surface area contributed by atoms with Gasteiger partial charge in [-0.15, -0.1) is 0 Å². The normalized spacial score (nSPS) is 42.0. The van der Waals surface area contributed by atoms with E-state index in [1.807, 2.05) is 0 Å². The Bertz CT molecular complexity index is 733. The predicted octanol–water partition coefficient (Wildman–Crippen LogP) is 1.72. The SMILES string of the molecule is O=C(O)C1CCCN1C(=O)C12CC3CC(C1)CC(C(=O)N1CCCC1C(=O)O)(C3)C2. The van der Waals surface area contributed by atoms with Gasteiger partial charge in [0.2, 0.25) is 11.8 Å². The fourth-order valence-corrected chi connectivity index (χ4v) is 7.91. The Hall–Kier alpha value is -2.12. The van der Waals surface area contributed by atoms with Crippen molar-refractivity contribution in [1.29, 1.82) is 0 Å². The molecule has 0 aromatic carbocycles. The molecule has 8 nitrogen and oxygen atoms in total. The van der Waals surface area contributed by atoms with Crippen LogP contribution in [0.2, 0.25) is 0 Å². The van der Waals surface area contributed by atoms with Crippen LogP contribution < -0.4 is 0 Å². The molecule has 0 aromatic rings. The molecule has 4 saturated carbocycles. The first-order valence-corrected chi connectivity index (χ1v) is 11.3. The molecule has 6 aliphatic rings. The van der Waals surface area contributed by atoms with E-state index < -0.39 is 34.9 Å². The summed E-state index contributed by atoms with van der Waals surface area (Å²) in [5, 5.41) is 19.1. The summed E-state index contributed by atoms with van der Waals surface area (Å²) in [6, 6.07) is -1.51. The summed E-state index contributed by atoms with van der Waals surface area (Å²) in [7, 11) is 0. The molecule has 0 spiro atoms. The van der Waals surface area contributed by atoms with Crippen molar-refractivity contribution in [2.24, 2.45) is 22.7 Å². The van der Waals surface area contributed by atoms with E-state index in [4.69, 9.17) is 0 Å². The van der Waals surface area contributed by atoms with Crippen molar-refractivity contribution in [3.63, 3.8) is 0 Å². The Labute approximate surface area is 175 Å². The molecule has 6 rings (SSSR count). The van der Waals surface area contributed by atoms with Crippen molar-refractivity contribution in [3.05, 3.63) is 0 Å². The van der Waals surface area contributed by atoms with Crippen LogP contribution in [-0.4, -0.2) is 68.9 Å². The van der Waals surface area contributed by atoms with E-state index in [9.17, 15) is 29.4 Å². The highest BCUT2D eigenvalue weighted by Crippen LogP contribution is 2.66. The van der Waals surface area contributed by atoms with Crippen LogP contribution in [0, 0.1) is 22.7 Å². The molecule has 2 aliphatic heterocycles. The number of carbonyl (C=O) groups excluding carboxylic acids is 2. The minimum absolute atomic E-state index is 0.0742. The molecule has 4 aliphatic carbocycles. The van der Waals surface area contributed by atoms with Gasteiger partial charge < -0.3 is 20.0 Å². The maximum atomic E-state index is 13.7. The first kappa shape index (κ1) is 19.8. The number of hydrogen-bond donors (Lipinski definition) is 2. The molecule has 6 fully saturated rings. The van der Waals surface area contributed by atoms with Crippen molar-refractivity contribution in [2.75, 3.05) is 13.1 Å². The van der Waals surface area contributed by atoms with Gasteiger partial charge in [0.15, 0.2) is 0 Å². The molecule has 2 saturated heterocycles. The van der Waals surface area contributed by atoms with Gasteiger partial charge in [0, 0.05) is 13.1 Å². The maximum Gasteiger partial charge on any atom is 0.326 e. The monoisotopic (exact) mass is 418 g/mol. The number of hydrogen-bond acceptors (Lipinski definition) is 4. The minimum Gasteiger partial charge on any atom is -0.480 e. The summed E-state index contributed by atoms with van der Waals surface area (Å²) >= 11 is 0. The summed E-state index contributed by atoms with van der Waals surface area (Å²) in [5.74, 6) is -1.47. The zero-order valence-corrected chi connectivity index (χ0v) is 17.2. The summed E-state index contributed by atoms with van der Waals surface area (Å²) in [6.45, 7) is 0.947. The maximum absolute atomic E-state index is 13.7. The molecule has 2 N–H and O–H groups in total. The number of nitrogens with zero attached hydrogens (tertiary/aromatic N) is 2. The average Bonchev–Trinajstić information content (AvgIpc) is 3.35. The molecule has 164 valence electrons. The third kappa shape index (κ3) is 2.78. The molecule has 2 heterocycles. The zero-order valence-electron chi connectivity index (χ0n) is 17.2. The van der Waals surface area contributed by atoms with Crippen molar-refractivity contribution >= 4 is 23.8 Å². The van der Waals surface area contributed by atoms with Crippen molar-refractivity contribution in [2.45, 2.75) is 76.3 Å². The highest BCUT2D eigenvalue weighted by Gasteiger charge is 2.65. The van der Waals surface area contributed by atoms with Crippen molar-refractivity contribution in [3.8, 4) is 0 Å². The van der Waals surface area contributed by atoms with Gasteiger partial charge in [0.05, 0.1) is 10.8 Å². The summed E-state index contributed by atoms with van der Waals surface area (Å²) in [4.78, 5) is 53.9. The highest BCUT2D eigenvalue weighted by molar-refractivity contribution is 5.92. The lowest BCUT2D eigenvalue weighted by Gasteiger charge is -2.61. The highest BCUT2D eigenvalue weighted by atomic mass is 16.4. The Morgan fingerprint density at radius 1 is 0.700 bits per heavy atom. The van der Waals surface area contributed by atoms with Crippen LogP contribution in [0.15, 0.2) is 0 Å². The van der Waals surface area contributed by atoms with E-state index in [2.05, 4.69) is 0 Å². The van der Waals surface area contributed by atoms with Crippen LogP contribution in [0.25, 0.3) is 0 Å². The Morgan fingerprint density at radius 3 is 1.47 bits per heavy atom. The lowest BCUT2D eigenvalue weighted by Crippen LogP contribution is -2.63. The average molecular weight is 418 g/mol. The Morgan fingerprint density at radius 2 is 1.10 bits per heavy atom. The molecular weight excluding hydrogens is 388 g/mol. The lowest BCUT2D eigenvalue weighted by atomic mass is 9.43. The summed E-state index contributed by atoms with van der Waals surface area (Å²) in [5.41, 5.74) is -1.31. The van der Waals surface area contributed by atoms with Gasteiger partial charge in [-0.25, -0.2) is 9.59 Å². The molecule has 2 atom stereocenters. The van der Waals surface area contributed by atoms with E-state index in [0.717, 1.165) is 32.1 Å². The van der Waals surface area contributed by atoms with Crippen molar-refractivity contribution < 1.29 is 29.4 Å². The van der Waals surface area contributed by atoms with Crippen LogP contribution >= 0.6 is 0 Å². The quantitative estimate of drug-likeness (QED) is 0.718. The summed E-state index contributed by atoms with van der Waals surface area (Å²) < 4.78 is 0. The second kappa shape index (κ2) is 6.69. The Balaban J connectivity index is 1.45. The largest absolute Gasteiger partial charge is 0.480 e. The van der Waals surface area contributed by atoms with Crippen LogP contribution in [0.5, 0.6) is 0 Å². The van der Waals surface area contributed by atoms with E-state index in [-0.39, 0.29) is 23.7 Å². The van der Waals surface area contributed by atoms with Gasteiger partial charge in [-0.3, -0.25) is 9.59 Å². The smallest absolute Gasteiger partial charge is 0.326 e. The molecule has 0 aromatic heterocycles. The first-order chi connectivity index (χ1) is 14.2. The number of rotatable bonds is 4. The van der Waals surface area contributed by atoms with Crippen LogP contribution in [0.3, 0.4) is 0 Å². The first-order valence-electron chi connectivity index (χ1n) is 11.3. The predicted molar refractivity (Wildman–Crippen MR) is 104 cm³/mol. The van der Waals surface area contributed by atoms with E-state index in [1.54, 1.807) is 9.80 Å². The van der Waals surface area contributed by atoms with E-state index >= 15 is 0 Å². The molecule has 2 unspecified atom stereocenters. The van der Waals surface area contributed by atoms with E-state index in [0.29, 0.717) is 45.2 Å². The van der Waals surface area contributed by atoms with Gasteiger partial charge in [-0.2, -0.15) is 0 Å². The molecule has 2 amide bonds. The molecule has 4 bridgehead atoms. The standard InChI is InChI=1S/C22H30N2O6/c25-17(26)15-3-1-5-23(15)19(29)21-8-13-7-14(9-21)11-22(10-13,12-21)20(30)24-6-2-4-16(24)18(27)28/h13-16H,1-12H2,(H,25,26)(H,27,28). The molecule has 30 heavy (non-hydrogen) atoms. The second-order valence-electron chi connectivity index (χ2n) is 10.5. The van der Waals surface area contributed by atoms with Crippen LogP contribution in [0.4, 0.5) is 0 Å². The molecular formula is C22H30N2O6. The number of aliphatic carboxylic acids is 2. The topological polar surface area (TPSA) is 115 Å². The van der Waals surface area contributed by atoms with Gasteiger partial charge in [-0.05, 0) is 76.0 Å². The van der Waals surface area contributed by atoms with E-state index in [1.165, 1.54) is 0 Å². The van der Waals surface area contributed by atoms with Gasteiger partial charge in [-0.1, -0.05) is 0 Å². The molecule has 8 heteroatoms. The lowest BCUT2D eigenvalue weighted by molar-refractivity contribution is -0.183. The van der Waals surface area contributed by atoms with Gasteiger partial charge >= 0.3 is 11.9 Å². The van der Waals surface area contributed by atoms with Gasteiger partial charge in [0.25, 0.3) is 0 Å². The van der Waals surface area contributed by atoms with Crippen LogP contribution in [-0.2, 0) is 19.2 Å².